The van der Waals surface area contributed by atoms with E-state index >= 15 is 0 Å². The fourth-order valence-corrected chi connectivity index (χ4v) is 0.391. The molecule has 1 N–H and O–H groups in total. The van der Waals surface area contributed by atoms with Gasteiger partial charge in [-0.25, -0.2) is 0 Å². The van der Waals surface area contributed by atoms with E-state index in [1.807, 2.05) is 28.1 Å². The fourth-order valence-electron chi connectivity index (χ4n) is 0.391. The Labute approximate surface area is 83.5 Å². The average Bonchev–Trinajstić information content (AvgIpc) is 2.05. The highest BCUT2D eigenvalue weighted by molar-refractivity contribution is 4.40. The van der Waals surface area contributed by atoms with Crippen LogP contribution in [-0.2, 0) is 4.74 Å². The Morgan fingerprint density at radius 1 is 1.31 bits per heavy atom. The summed E-state index contributed by atoms with van der Waals surface area (Å²) in [6, 6.07) is 0.634. The van der Waals surface area contributed by atoms with E-state index in [9.17, 15) is 0 Å². The molecule has 0 heterocycles. The average molecular weight is 190 g/mol. The molecule has 0 bridgehead atoms. The van der Waals surface area contributed by atoms with Crippen molar-refractivity contribution in [3.05, 3.63) is 0 Å². The van der Waals surface area contributed by atoms with Crippen molar-refractivity contribution in [3.8, 4) is 0 Å². The third-order valence-corrected chi connectivity index (χ3v) is 1.46. The predicted molar refractivity (Wildman–Crippen MR) is 59.2 cm³/mol. The molecule has 3 nitrogen and oxygen atoms in total. The van der Waals surface area contributed by atoms with Gasteiger partial charge in [0, 0.05) is 19.2 Å². The van der Waals surface area contributed by atoms with Gasteiger partial charge in [0.25, 0.3) is 0 Å². The summed E-state index contributed by atoms with van der Waals surface area (Å²) in [5.41, 5.74) is 0. The van der Waals surface area contributed by atoms with Crippen LogP contribution < -0.4 is 5.32 Å². The van der Waals surface area contributed by atoms with Crippen LogP contribution in [0.2, 0.25) is 0 Å². The Bertz CT molecular complexity index is 85.0. The Morgan fingerprint density at radius 2 is 1.77 bits per heavy atom. The number of likely N-dealkylation sites (N-methyl/N-ethyl adjacent to an activating group) is 1. The zero-order valence-corrected chi connectivity index (χ0v) is 10.1. The highest BCUT2D eigenvalue weighted by Crippen LogP contribution is 1.75. The molecule has 0 saturated heterocycles. The minimum Gasteiger partial charge on any atom is -0.380 e. The zero-order valence-electron chi connectivity index (χ0n) is 10.1. The summed E-state index contributed by atoms with van der Waals surface area (Å²) < 4.78 is 5.10. The summed E-state index contributed by atoms with van der Waals surface area (Å²) in [5.74, 6) is 0. The predicted octanol–water partition coefficient (Wildman–Crippen LogP) is 1.20. The first kappa shape index (κ1) is 15.4. The van der Waals surface area contributed by atoms with Crippen LogP contribution in [0.5, 0.6) is 0 Å². The molecule has 0 aromatic carbocycles. The zero-order chi connectivity index (χ0) is 10.7. The van der Waals surface area contributed by atoms with Crippen LogP contribution >= 0.6 is 0 Å². The second kappa shape index (κ2) is 11.9. The van der Waals surface area contributed by atoms with Gasteiger partial charge < -0.3 is 15.0 Å². The highest BCUT2D eigenvalue weighted by atomic mass is 16.5. The van der Waals surface area contributed by atoms with Crippen LogP contribution in [0.4, 0.5) is 0 Å². The molecular weight excluding hydrogens is 164 g/mol. The van der Waals surface area contributed by atoms with E-state index in [0.29, 0.717) is 6.04 Å². The Balaban J connectivity index is 0. The van der Waals surface area contributed by atoms with Crippen LogP contribution in [0.3, 0.4) is 0 Å². The summed E-state index contributed by atoms with van der Waals surface area (Å²) in [7, 11) is 6.03. The van der Waals surface area contributed by atoms with Gasteiger partial charge in [-0.15, -0.1) is 0 Å². The SMILES string of the molecule is CCOCCN(C)C.CNC(C)C. The molecule has 0 spiro atoms. The second-order valence-electron chi connectivity index (χ2n) is 3.44. The van der Waals surface area contributed by atoms with E-state index < -0.39 is 0 Å². The van der Waals surface area contributed by atoms with E-state index in [4.69, 9.17) is 4.74 Å². The van der Waals surface area contributed by atoms with E-state index in [2.05, 4.69) is 24.1 Å². The van der Waals surface area contributed by atoms with Crippen molar-refractivity contribution in [2.75, 3.05) is 40.9 Å². The highest BCUT2D eigenvalue weighted by Gasteiger charge is 1.86. The van der Waals surface area contributed by atoms with Crippen molar-refractivity contribution < 1.29 is 4.74 Å². The number of nitrogens with zero attached hydrogens (tertiary/aromatic N) is 1. The molecule has 0 radical (unpaired) electrons. The minimum absolute atomic E-state index is 0.634. The quantitative estimate of drug-likeness (QED) is 0.659. The maximum atomic E-state index is 5.10. The molecule has 0 aliphatic heterocycles. The van der Waals surface area contributed by atoms with Crippen molar-refractivity contribution >= 4 is 0 Å². The summed E-state index contributed by atoms with van der Waals surface area (Å²) in [6.07, 6.45) is 0. The van der Waals surface area contributed by atoms with Crippen molar-refractivity contribution in [2.24, 2.45) is 0 Å². The van der Waals surface area contributed by atoms with Crippen molar-refractivity contribution in [1.82, 2.24) is 10.2 Å². The first-order valence-electron chi connectivity index (χ1n) is 4.94. The maximum Gasteiger partial charge on any atom is 0.0593 e. The molecule has 0 atom stereocenters. The summed E-state index contributed by atoms with van der Waals surface area (Å²) in [6.45, 7) is 8.93. The normalized spacial score (nSPS) is 10.2. The van der Waals surface area contributed by atoms with Gasteiger partial charge in [0.1, 0.15) is 0 Å². The van der Waals surface area contributed by atoms with Crippen LogP contribution in [0, 0.1) is 0 Å². The molecule has 0 rings (SSSR count). The van der Waals surface area contributed by atoms with Crippen molar-refractivity contribution in [2.45, 2.75) is 26.8 Å². The molecular formula is C10H26N2O. The molecule has 0 aliphatic rings. The smallest absolute Gasteiger partial charge is 0.0593 e. The van der Waals surface area contributed by atoms with E-state index in [-0.39, 0.29) is 0 Å². The molecule has 13 heavy (non-hydrogen) atoms. The molecule has 3 heteroatoms. The lowest BCUT2D eigenvalue weighted by molar-refractivity contribution is 0.129. The minimum atomic E-state index is 0.634. The molecule has 0 fully saturated rings. The molecule has 0 aliphatic carbocycles. The number of nitrogens with one attached hydrogen (secondary N) is 1. The van der Waals surface area contributed by atoms with E-state index in [1.54, 1.807) is 0 Å². The Morgan fingerprint density at radius 3 is 2.00 bits per heavy atom. The molecule has 0 aromatic heterocycles. The summed E-state index contributed by atoms with van der Waals surface area (Å²) in [5, 5.41) is 3.03. The second-order valence-corrected chi connectivity index (χ2v) is 3.44. The topological polar surface area (TPSA) is 24.5 Å². The standard InChI is InChI=1S/C6H15NO.C4H11N/c1-4-8-6-5-7(2)3;1-4(2)5-3/h4-6H2,1-3H3;4-5H,1-3H3. The van der Waals surface area contributed by atoms with E-state index in [0.717, 1.165) is 19.8 Å². The van der Waals surface area contributed by atoms with Gasteiger partial charge in [0.15, 0.2) is 0 Å². The van der Waals surface area contributed by atoms with Crippen molar-refractivity contribution in [1.29, 1.82) is 0 Å². The number of ether oxygens (including phenoxy) is 1. The van der Waals surface area contributed by atoms with Crippen LogP contribution in [0.25, 0.3) is 0 Å². The van der Waals surface area contributed by atoms with Gasteiger partial charge in [-0.05, 0) is 28.1 Å². The van der Waals surface area contributed by atoms with Crippen LogP contribution in [0.15, 0.2) is 0 Å². The first-order valence-corrected chi connectivity index (χ1v) is 4.94. The van der Waals surface area contributed by atoms with Gasteiger partial charge in [0.2, 0.25) is 0 Å². The fraction of sp³-hybridized carbons (Fsp3) is 1.00. The summed E-state index contributed by atoms with van der Waals surface area (Å²) >= 11 is 0. The molecule has 0 saturated carbocycles. The van der Waals surface area contributed by atoms with Crippen LogP contribution in [-0.4, -0.2) is 51.8 Å². The summed E-state index contributed by atoms with van der Waals surface area (Å²) in [4.78, 5) is 2.11. The molecule has 82 valence electrons. The van der Waals surface area contributed by atoms with Crippen molar-refractivity contribution in [3.63, 3.8) is 0 Å². The monoisotopic (exact) mass is 190 g/mol. The van der Waals surface area contributed by atoms with Gasteiger partial charge in [-0.3, -0.25) is 0 Å². The third-order valence-electron chi connectivity index (χ3n) is 1.46. The number of hydrogen-bond donors (Lipinski definition) is 1. The largest absolute Gasteiger partial charge is 0.380 e. The first-order chi connectivity index (χ1) is 6.04. The molecule has 0 unspecified atom stereocenters. The van der Waals surface area contributed by atoms with Gasteiger partial charge >= 0.3 is 0 Å². The number of rotatable bonds is 5. The lowest BCUT2D eigenvalue weighted by Gasteiger charge is -2.07. The van der Waals surface area contributed by atoms with E-state index in [1.165, 1.54) is 0 Å². The Kier molecular flexibility index (Phi) is 14.0. The maximum absolute atomic E-state index is 5.10. The lowest BCUT2D eigenvalue weighted by Crippen LogP contribution is -2.17. The van der Waals surface area contributed by atoms with Gasteiger partial charge in [0.05, 0.1) is 6.61 Å². The van der Waals surface area contributed by atoms with Gasteiger partial charge in [-0.1, -0.05) is 13.8 Å². The number of hydrogen-bond acceptors (Lipinski definition) is 3. The molecule has 0 aromatic rings. The Hall–Kier alpha value is -0.120. The molecule has 0 amide bonds. The van der Waals surface area contributed by atoms with Crippen LogP contribution in [0.1, 0.15) is 20.8 Å². The third kappa shape index (κ3) is 24.5. The van der Waals surface area contributed by atoms with Gasteiger partial charge in [-0.2, -0.15) is 0 Å². The lowest BCUT2D eigenvalue weighted by atomic mass is 10.4.